The third kappa shape index (κ3) is 1.41. The second-order valence-corrected chi connectivity index (χ2v) is 5.32. The molecule has 16 heavy (non-hydrogen) atoms. The zero-order valence-corrected chi connectivity index (χ0v) is 9.74. The molecule has 3 rings (SSSR count). The molecule has 0 radical (unpaired) electrons. The van der Waals surface area contributed by atoms with Crippen LogP contribution in [-0.4, -0.2) is 37.2 Å². The van der Waals surface area contributed by atoms with Crippen LogP contribution in [0.5, 0.6) is 0 Å². The van der Waals surface area contributed by atoms with Gasteiger partial charge < -0.3 is 15.4 Å². The van der Waals surface area contributed by atoms with E-state index in [-0.39, 0.29) is 5.97 Å². The van der Waals surface area contributed by atoms with E-state index in [0.717, 1.165) is 18.2 Å². The molecule has 1 aromatic rings. The maximum Gasteiger partial charge on any atom is 0.349 e. The van der Waals surface area contributed by atoms with Crippen molar-refractivity contribution in [2.75, 3.05) is 25.1 Å². The van der Waals surface area contributed by atoms with Gasteiger partial charge in [-0.25, -0.2) is 9.78 Å². The fourth-order valence-corrected chi connectivity index (χ4v) is 3.19. The topological polar surface area (TPSA) is 68.5 Å². The Bertz CT molecular complexity index is 421. The Labute approximate surface area is 97.2 Å². The van der Waals surface area contributed by atoms with Gasteiger partial charge in [0.15, 0.2) is 5.13 Å². The van der Waals surface area contributed by atoms with Crippen LogP contribution in [0.1, 0.15) is 9.67 Å². The lowest BCUT2D eigenvalue weighted by Crippen LogP contribution is -2.27. The highest BCUT2D eigenvalue weighted by molar-refractivity contribution is 7.17. The smallest absolute Gasteiger partial charge is 0.349 e. The van der Waals surface area contributed by atoms with Gasteiger partial charge in [0.05, 0.1) is 13.3 Å². The average molecular weight is 239 g/mol. The minimum atomic E-state index is -0.315. The molecule has 5 nitrogen and oxygen atoms in total. The molecule has 2 atom stereocenters. The fraction of sp³-hybridized carbons (Fsp3) is 0.600. The molecule has 1 saturated heterocycles. The zero-order valence-electron chi connectivity index (χ0n) is 8.92. The number of aromatic nitrogens is 1. The highest BCUT2D eigenvalue weighted by Crippen LogP contribution is 2.45. The summed E-state index contributed by atoms with van der Waals surface area (Å²) in [4.78, 5) is 18.3. The Balaban J connectivity index is 1.72. The van der Waals surface area contributed by atoms with Crippen LogP contribution >= 0.6 is 11.3 Å². The molecular formula is C10H13N3O2S. The number of fused-ring (bicyclic) bond motifs is 1. The molecule has 0 amide bonds. The quantitative estimate of drug-likeness (QED) is 0.753. The van der Waals surface area contributed by atoms with Gasteiger partial charge in [-0.3, -0.25) is 0 Å². The van der Waals surface area contributed by atoms with Gasteiger partial charge in [-0.1, -0.05) is 11.3 Å². The van der Waals surface area contributed by atoms with Crippen LogP contribution in [0.2, 0.25) is 0 Å². The highest BCUT2D eigenvalue weighted by atomic mass is 32.1. The molecule has 2 heterocycles. The third-order valence-corrected chi connectivity index (χ3v) is 4.45. The second-order valence-electron chi connectivity index (χ2n) is 4.31. The molecule has 0 spiro atoms. The van der Waals surface area contributed by atoms with Crippen LogP contribution in [0.25, 0.3) is 0 Å². The van der Waals surface area contributed by atoms with Crippen molar-refractivity contribution in [2.45, 2.75) is 6.04 Å². The zero-order chi connectivity index (χ0) is 11.3. The Morgan fingerprint density at radius 2 is 2.31 bits per heavy atom. The highest BCUT2D eigenvalue weighted by Gasteiger charge is 2.54. The average Bonchev–Trinajstić information content (AvgIpc) is 2.81. The lowest BCUT2D eigenvalue weighted by Gasteiger charge is -2.17. The van der Waals surface area contributed by atoms with E-state index >= 15 is 0 Å². The van der Waals surface area contributed by atoms with E-state index in [2.05, 4.69) is 14.6 Å². The molecule has 6 heteroatoms. The number of rotatable bonds is 2. The summed E-state index contributed by atoms with van der Waals surface area (Å²) in [6.07, 6.45) is 1.58. The van der Waals surface area contributed by atoms with Crippen molar-refractivity contribution in [1.82, 2.24) is 4.98 Å². The number of methoxy groups -OCH3 is 1. The van der Waals surface area contributed by atoms with Crippen molar-refractivity contribution in [2.24, 2.45) is 17.6 Å². The predicted molar refractivity (Wildman–Crippen MR) is 60.6 cm³/mol. The summed E-state index contributed by atoms with van der Waals surface area (Å²) in [6, 6.07) is 0.385. The number of ether oxygens (including phenoxy) is 1. The molecule has 2 fully saturated rings. The summed E-state index contributed by atoms with van der Waals surface area (Å²) in [7, 11) is 1.38. The molecule has 1 aliphatic heterocycles. The largest absolute Gasteiger partial charge is 0.465 e. The molecule has 0 bridgehead atoms. The van der Waals surface area contributed by atoms with Crippen molar-refractivity contribution in [3.63, 3.8) is 0 Å². The van der Waals surface area contributed by atoms with E-state index in [0.29, 0.717) is 22.8 Å². The summed E-state index contributed by atoms with van der Waals surface area (Å²) in [5, 5.41) is 0.903. The van der Waals surface area contributed by atoms with Crippen LogP contribution in [0, 0.1) is 11.8 Å². The van der Waals surface area contributed by atoms with Crippen molar-refractivity contribution in [1.29, 1.82) is 0 Å². The normalized spacial score (nSPS) is 31.4. The molecule has 2 N–H and O–H groups in total. The van der Waals surface area contributed by atoms with E-state index in [9.17, 15) is 4.79 Å². The van der Waals surface area contributed by atoms with Crippen molar-refractivity contribution in [3.8, 4) is 0 Å². The number of thiazole rings is 1. The number of nitrogens with two attached hydrogens (primary N) is 1. The number of carbonyl (C=O) groups excluding carboxylic acids is 1. The van der Waals surface area contributed by atoms with Crippen LogP contribution in [0.3, 0.4) is 0 Å². The van der Waals surface area contributed by atoms with Gasteiger partial charge in [-0.15, -0.1) is 0 Å². The number of nitrogens with zero attached hydrogens (tertiary/aromatic N) is 2. The number of hydrogen-bond donors (Lipinski definition) is 1. The number of hydrogen-bond acceptors (Lipinski definition) is 6. The fourth-order valence-electron chi connectivity index (χ4n) is 2.33. The van der Waals surface area contributed by atoms with E-state index in [4.69, 9.17) is 5.73 Å². The van der Waals surface area contributed by atoms with Gasteiger partial charge >= 0.3 is 5.97 Å². The van der Waals surface area contributed by atoms with Gasteiger partial charge in [0, 0.05) is 19.1 Å². The maximum atomic E-state index is 11.3. The molecular weight excluding hydrogens is 226 g/mol. The van der Waals surface area contributed by atoms with Gasteiger partial charge in [-0.05, 0) is 11.8 Å². The van der Waals surface area contributed by atoms with E-state index < -0.39 is 0 Å². The molecule has 2 aliphatic rings. The lowest BCUT2D eigenvalue weighted by atomic mass is 10.4. The molecule has 1 saturated carbocycles. The Morgan fingerprint density at radius 3 is 2.94 bits per heavy atom. The number of piperidine rings is 1. The number of esters is 1. The first-order chi connectivity index (χ1) is 7.70. The monoisotopic (exact) mass is 239 g/mol. The first-order valence-electron chi connectivity index (χ1n) is 5.25. The molecule has 2 unspecified atom stereocenters. The molecule has 86 valence electrons. The van der Waals surface area contributed by atoms with E-state index in [1.807, 2.05) is 0 Å². The van der Waals surface area contributed by atoms with Crippen molar-refractivity contribution >= 4 is 22.4 Å². The Hall–Kier alpha value is -1.14. The first kappa shape index (κ1) is 10.0. The minimum absolute atomic E-state index is 0.315. The standard InChI is InChI=1S/C10H13N3O2S/c1-15-9(14)7-2-12-10(16-7)13-3-5-6(4-13)8(5)11/h2,5-6,8H,3-4,11H2,1H3. The van der Waals surface area contributed by atoms with Crippen LogP contribution in [0.4, 0.5) is 5.13 Å². The molecule has 1 aliphatic carbocycles. The van der Waals surface area contributed by atoms with Gasteiger partial charge in [-0.2, -0.15) is 0 Å². The minimum Gasteiger partial charge on any atom is -0.465 e. The Kier molecular flexibility index (Phi) is 2.15. The van der Waals surface area contributed by atoms with Gasteiger partial charge in [0.2, 0.25) is 0 Å². The molecule has 1 aromatic heterocycles. The number of anilines is 1. The van der Waals surface area contributed by atoms with Crippen LogP contribution < -0.4 is 10.6 Å². The van der Waals surface area contributed by atoms with E-state index in [1.54, 1.807) is 6.20 Å². The summed E-state index contributed by atoms with van der Waals surface area (Å²) >= 11 is 1.39. The predicted octanol–water partition coefficient (Wildman–Crippen LogP) is 0.323. The maximum absolute atomic E-state index is 11.3. The van der Waals surface area contributed by atoms with Crippen molar-refractivity contribution < 1.29 is 9.53 Å². The lowest BCUT2D eigenvalue weighted by molar-refractivity contribution is 0.0606. The van der Waals surface area contributed by atoms with Crippen molar-refractivity contribution in [3.05, 3.63) is 11.1 Å². The number of carbonyl (C=O) groups is 1. The second kappa shape index (κ2) is 3.43. The van der Waals surface area contributed by atoms with Gasteiger partial charge in [0.25, 0.3) is 0 Å². The Morgan fingerprint density at radius 1 is 1.62 bits per heavy atom. The third-order valence-electron chi connectivity index (χ3n) is 3.41. The van der Waals surface area contributed by atoms with E-state index in [1.165, 1.54) is 18.4 Å². The van der Waals surface area contributed by atoms with Gasteiger partial charge in [0.1, 0.15) is 4.88 Å². The first-order valence-corrected chi connectivity index (χ1v) is 6.07. The summed E-state index contributed by atoms with van der Waals surface area (Å²) in [5.41, 5.74) is 5.87. The molecule has 0 aromatic carbocycles. The summed E-state index contributed by atoms with van der Waals surface area (Å²) in [5.74, 6) is 0.945. The SMILES string of the molecule is COC(=O)c1cnc(N2CC3C(N)C3C2)s1. The summed E-state index contributed by atoms with van der Waals surface area (Å²) < 4.78 is 4.65. The summed E-state index contributed by atoms with van der Waals surface area (Å²) in [6.45, 7) is 1.94. The van der Waals surface area contributed by atoms with Crippen LogP contribution in [-0.2, 0) is 4.74 Å². The van der Waals surface area contributed by atoms with Crippen LogP contribution in [0.15, 0.2) is 6.20 Å².